The number of thiocarbonyl (C=S) groups is 1. The van der Waals surface area contributed by atoms with Crippen molar-refractivity contribution in [2.75, 3.05) is 137 Å². The van der Waals surface area contributed by atoms with Gasteiger partial charge in [0, 0.05) is 96.4 Å². The van der Waals surface area contributed by atoms with Crippen molar-refractivity contribution in [2.24, 2.45) is 11.5 Å². The van der Waals surface area contributed by atoms with Gasteiger partial charge in [0.05, 0.1) is 72.1 Å². The minimum absolute atomic E-state index is 0.00972. The van der Waals surface area contributed by atoms with E-state index in [1.807, 2.05) is 12.1 Å². The quantitative estimate of drug-likeness (QED) is 0.0108. The number of amides is 14. The number of nitrogens with two attached hydrogens (primary N) is 2. The van der Waals surface area contributed by atoms with Gasteiger partial charge in [-0.25, -0.2) is 4.79 Å². The number of guanidine groups is 2. The van der Waals surface area contributed by atoms with Gasteiger partial charge in [0.2, 0.25) is 76.8 Å². The van der Waals surface area contributed by atoms with Gasteiger partial charge in [-0.3, -0.25) is 102 Å². The number of carbonyl (C=O) groups is 18. The largest absolute Gasteiger partial charge is 0.481 e. The second-order valence-electron chi connectivity index (χ2n) is 32.7. The van der Waals surface area contributed by atoms with Gasteiger partial charge in [0.25, 0.3) is 0 Å². The standard InChI is InChI=1S/C87H128N24O26S/c88-84(89)94-30-11-19-58-76(125)97-48-68(113)101-65(46-71(116)117)82(131)107-63(44-53-13-3-1-4-14-53)80(129)105-60(78(127)103-58)17-7-9-28-92-67(112)26-25-62(75(124)93-29-10-8-18-61-79(128)104-59(20-12-31-95-85(90)91)77(126)98-49-69(114)102-66(47-72(118)119)83(132)108-64(81(130)106-61)45-54-15-5-2-6-16-54)100-70(115)52-137-42-41-136-40-39-135-38-32-96-86(138)99-56-23-21-55(22-24-56)43-57-27-33-110(87(133)134)36-34-109(50-73(120)121)35-37-111(57)51-74(122)123/h1-6,13-16,21-24,57-66H,7-12,17-20,25-52H2,(H,92,112)(H,93,124)(H,97,125)(H,98,126)(H,100,115)(H,101,113)(H,102,114)(H,103,127)(H,104,128)(H,105,129)(H,106,130)(H,107,131)(H,108,132)(H,116,117)(H,118,119)(H,120,121)(H,122,123)(H,133,134)(H4,88,89,94)(H4,90,91,95)(H2,96,99,138)/t57?,58-,59-,60-,61-,62?,63-,64-,65-,66-/m0/s1. The minimum atomic E-state index is -1.74. The molecule has 3 aromatic carbocycles. The molecule has 3 heterocycles. The maximum atomic E-state index is 14.5. The van der Waals surface area contributed by atoms with Crippen LogP contribution in [0.2, 0.25) is 0 Å². The lowest BCUT2D eigenvalue weighted by Gasteiger charge is -2.36. The van der Waals surface area contributed by atoms with Gasteiger partial charge in [-0.15, -0.1) is 0 Å². The number of aliphatic carboxylic acids is 4. The van der Waals surface area contributed by atoms with Gasteiger partial charge < -0.3 is 146 Å². The van der Waals surface area contributed by atoms with Crippen LogP contribution in [-0.2, 0) is 115 Å². The summed E-state index contributed by atoms with van der Waals surface area (Å²) in [6, 6.07) is 9.96. The third kappa shape index (κ3) is 45.5. The SMILES string of the molecule is N=C(N)NCCC[C@@H]1NC(=O)[C@H](CCCCNC(=O)CCC(NC(=O)COCCOCCOCCNC(=S)Nc2ccc(CC3CCN(C(=O)O)CCN(CC(=O)O)CCN3CC(=O)O)cc2)C(=O)NCCCC[C@@H]2NC(=O)[C@H](Cc3ccccc3)NC(=O)[C@H](CC(=O)O)NC(=O)CNC(=O)[C@H](CCCNC(=N)N)NC2=O)NC(=O)[C@H](Cc2ccccc2)NC(=O)[C@H](CC(=O)O)NC(=O)CNC1=O. The van der Waals surface area contributed by atoms with E-state index in [-0.39, 0.29) is 218 Å². The Morgan fingerprint density at radius 3 is 1.33 bits per heavy atom. The summed E-state index contributed by atoms with van der Waals surface area (Å²) in [5.74, 6) is -17.6. The molecule has 758 valence electrons. The fourth-order valence-electron chi connectivity index (χ4n) is 14.7. The van der Waals surface area contributed by atoms with Crippen LogP contribution in [-0.4, -0.2) is 356 Å². The molecule has 6 rings (SSSR count). The number of anilines is 1. The highest BCUT2D eigenvalue weighted by molar-refractivity contribution is 7.80. The summed E-state index contributed by atoms with van der Waals surface area (Å²) in [7, 11) is 0. The van der Waals surface area contributed by atoms with E-state index in [1.165, 1.54) is 4.90 Å². The Morgan fingerprint density at radius 2 is 0.855 bits per heavy atom. The smallest absolute Gasteiger partial charge is 0.407 e. The minimum Gasteiger partial charge on any atom is -0.481 e. The molecule has 0 aromatic heterocycles. The maximum absolute atomic E-state index is 14.5. The van der Waals surface area contributed by atoms with Crippen molar-refractivity contribution >= 4 is 142 Å². The van der Waals surface area contributed by atoms with Gasteiger partial charge in [0.15, 0.2) is 17.0 Å². The van der Waals surface area contributed by atoms with E-state index in [0.717, 1.165) is 5.56 Å². The first-order valence-corrected chi connectivity index (χ1v) is 45.6. The van der Waals surface area contributed by atoms with Gasteiger partial charge in [-0.05, 0) is 125 Å². The number of ether oxygens (including phenoxy) is 3. The third-order valence-corrected chi connectivity index (χ3v) is 22.1. The van der Waals surface area contributed by atoms with Crippen LogP contribution < -0.4 is 102 Å². The molecule has 2 unspecified atom stereocenters. The number of carbonyl (C=O) groups excluding carboxylic acids is 13. The average Bonchev–Trinajstić information content (AvgIpc) is 1.56. The zero-order valence-electron chi connectivity index (χ0n) is 76.4. The van der Waals surface area contributed by atoms with E-state index in [0.29, 0.717) is 29.7 Å². The van der Waals surface area contributed by atoms with Crippen LogP contribution in [0.25, 0.3) is 0 Å². The van der Waals surface area contributed by atoms with E-state index in [2.05, 4.69) is 90.4 Å². The number of hydrogen-bond acceptors (Lipinski definition) is 26. The molecular formula is C87H128N24O26S. The highest BCUT2D eigenvalue weighted by Crippen LogP contribution is 2.20. The second-order valence-corrected chi connectivity index (χ2v) is 33.1. The zero-order valence-corrected chi connectivity index (χ0v) is 77.3. The Bertz CT molecular complexity index is 4610. The third-order valence-electron chi connectivity index (χ3n) is 21.8. The molecule has 50 nitrogen and oxygen atoms in total. The van der Waals surface area contributed by atoms with Crippen LogP contribution in [0.15, 0.2) is 84.9 Å². The summed E-state index contributed by atoms with van der Waals surface area (Å²) in [4.78, 5) is 245. The molecule has 0 saturated carbocycles. The highest BCUT2D eigenvalue weighted by atomic mass is 32.1. The predicted molar refractivity (Wildman–Crippen MR) is 498 cm³/mol. The van der Waals surface area contributed by atoms with Crippen molar-refractivity contribution in [2.45, 2.75) is 176 Å². The molecule has 14 amide bonds. The van der Waals surface area contributed by atoms with Crippen LogP contribution >= 0.6 is 12.2 Å². The van der Waals surface area contributed by atoms with Crippen LogP contribution in [0, 0.1) is 10.8 Å². The fraction of sp³-hybridized carbons (Fsp3) is 0.552. The summed E-state index contributed by atoms with van der Waals surface area (Å²) < 4.78 is 16.9. The number of hydrogen-bond donors (Lipinski definition) is 26. The molecule has 10 atom stereocenters. The first-order chi connectivity index (χ1) is 66.0. The molecule has 3 fully saturated rings. The molecule has 0 bridgehead atoms. The van der Waals surface area contributed by atoms with Crippen LogP contribution in [0.3, 0.4) is 0 Å². The van der Waals surface area contributed by atoms with Gasteiger partial charge in [-0.2, -0.15) is 0 Å². The van der Waals surface area contributed by atoms with E-state index < -0.39 is 200 Å². The molecule has 138 heavy (non-hydrogen) atoms. The first-order valence-electron chi connectivity index (χ1n) is 45.2. The molecular weight excluding hydrogens is 1830 g/mol. The van der Waals surface area contributed by atoms with E-state index in [4.69, 9.17) is 48.7 Å². The fourth-order valence-corrected chi connectivity index (χ4v) is 14.9. The number of unbranched alkanes of at least 4 members (excludes halogenated alkanes) is 2. The van der Waals surface area contributed by atoms with E-state index >= 15 is 0 Å². The van der Waals surface area contributed by atoms with Gasteiger partial charge in [-0.1, -0.05) is 72.8 Å². The van der Waals surface area contributed by atoms with Crippen LogP contribution in [0.4, 0.5) is 10.5 Å². The summed E-state index contributed by atoms with van der Waals surface area (Å²) in [6.07, 6.45) is -3.31. The van der Waals surface area contributed by atoms with Crippen molar-refractivity contribution in [3.05, 3.63) is 102 Å². The monoisotopic (exact) mass is 1960 g/mol. The molecule has 51 heteroatoms. The van der Waals surface area contributed by atoms with E-state index in [1.54, 1.807) is 82.6 Å². The normalized spacial score (nSPS) is 20.1. The summed E-state index contributed by atoms with van der Waals surface area (Å²) in [5.41, 5.74) is 13.4. The Balaban J connectivity index is 1.10. The van der Waals surface area contributed by atoms with Crippen molar-refractivity contribution in [1.29, 1.82) is 10.8 Å². The Hall–Kier alpha value is -14.0. The van der Waals surface area contributed by atoms with Gasteiger partial charge >= 0.3 is 30.0 Å². The number of rotatable bonds is 49. The first kappa shape index (κ1) is 113. The lowest BCUT2D eigenvalue weighted by molar-refractivity contribution is -0.141. The highest BCUT2D eigenvalue weighted by Gasteiger charge is 2.38. The van der Waals surface area contributed by atoms with Crippen molar-refractivity contribution in [3.8, 4) is 0 Å². The molecule has 3 aliphatic heterocycles. The Morgan fingerprint density at radius 1 is 0.428 bits per heavy atom. The van der Waals surface area contributed by atoms with Crippen LogP contribution in [0.5, 0.6) is 0 Å². The average molecular weight is 1960 g/mol. The molecule has 3 saturated heterocycles. The molecule has 3 aromatic rings. The number of carboxylic acids is 4. The number of nitrogens with one attached hydrogen (secondary N) is 19. The summed E-state index contributed by atoms with van der Waals surface area (Å²) >= 11 is 5.49. The van der Waals surface area contributed by atoms with Crippen molar-refractivity contribution in [3.63, 3.8) is 0 Å². The molecule has 3 aliphatic rings. The number of benzene rings is 3. The summed E-state index contributed by atoms with van der Waals surface area (Å²) in [5, 5.41) is 108. The maximum Gasteiger partial charge on any atom is 0.407 e. The second kappa shape index (κ2) is 61.8. The molecule has 28 N–H and O–H groups in total. The Labute approximate surface area is 800 Å². The molecule has 0 aliphatic carbocycles. The molecule has 0 radical (unpaired) electrons. The van der Waals surface area contributed by atoms with Crippen molar-refractivity contribution in [1.82, 2.24) is 99.8 Å². The number of nitrogens with zero attached hydrogens (tertiary/aromatic N) is 3. The lowest BCUT2D eigenvalue weighted by atomic mass is 10.0. The van der Waals surface area contributed by atoms with Crippen LogP contribution in [0.1, 0.15) is 113 Å². The topological polar surface area (TPSA) is 750 Å². The zero-order chi connectivity index (χ0) is 101. The molecule has 0 spiro atoms. The predicted octanol–water partition coefficient (Wildman–Crippen LogP) is -5.97. The Kier molecular flexibility index (Phi) is 50.5. The number of carboxylic acid groups (broad SMARTS) is 5. The van der Waals surface area contributed by atoms with Crippen molar-refractivity contribution < 1.29 is 126 Å². The summed E-state index contributed by atoms with van der Waals surface area (Å²) in [6.45, 7) is -1.44. The van der Waals surface area contributed by atoms with Gasteiger partial charge in [0.1, 0.15) is 61.0 Å². The lowest BCUT2D eigenvalue weighted by Crippen LogP contribution is -2.58. The van der Waals surface area contributed by atoms with E-state index in [9.17, 15) is 112 Å².